The highest BCUT2D eigenvalue weighted by Gasteiger charge is 2.29. The minimum Gasteiger partial charge on any atom is -0.379 e. The van der Waals surface area contributed by atoms with E-state index in [-0.39, 0.29) is 28.6 Å². The average molecular weight is 321 g/mol. The lowest BCUT2D eigenvalue weighted by atomic mass is 10.2. The molecule has 6 nitrogen and oxygen atoms in total. The second-order valence-electron chi connectivity index (χ2n) is 4.89. The van der Waals surface area contributed by atoms with Crippen molar-refractivity contribution in [3.05, 3.63) is 18.0 Å². The van der Waals surface area contributed by atoms with Crippen molar-refractivity contribution in [2.24, 2.45) is 7.05 Å². The summed E-state index contributed by atoms with van der Waals surface area (Å²) in [5.74, 6) is -0.326. The van der Waals surface area contributed by atoms with E-state index in [0.29, 0.717) is 0 Å². The Balaban J connectivity index is 2.16. The van der Waals surface area contributed by atoms with Crippen LogP contribution < -0.4 is 5.32 Å². The van der Waals surface area contributed by atoms with Crippen LogP contribution in [0.1, 0.15) is 29.8 Å². The highest BCUT2D eigenvalue weighted by atomic mass is 35.7. The van der Waals surface area contributed by atoms with Crippen LogP contribution in [0.5, 0.6) is 0 Å². The zero-order chi connectivity index (χ0) is 14.9. The molecule has 1 aromatic heterocycles. The average Bonchev–Trinajstić information content (AvgIpc) is 2.94. The number of carbonyl (C=O) groups excluding carboxylic acids is 1. The molecule has 20 heavy (non-hydrogen) atoms. The summed E-state index contributed by atoms with van der Waals surface area (Å²) in [6, 6.07) is 1.23. The summed E-state index contributed by atoms with van der Waals surface area (Å²) in [5.41, 5.74) is 0.256. The van der Waals surface area contributed by atoms with E-state index in [0.717, 1.165) is 19.3 Å². The van der Waals surface area contributed by atoms with Crippen LogP contribution in [0.15, 0.2) is 17.2 Å². The second kappa shape index (κ2) is 5.75. The third kappa shape index (κ3) is 3.16. The van der Waals surface area contributed by atoms with E-state index < -0.39 is 9.05 Å². The van der Waals surface area contributed by atoms with Gasteiger partial charge in [-0.3, -0.25) is 4.79 Å². The van der Waals surface area contributed by atoms with Crippen molar-refractivity contribution in [2.75, 3.05) is 7.11 Å². The Bertz CT molecular complexity index is 611. The predicted molar refractivity (Wildman–Crippen MR) is 74.4 cm³/mol. The number of rotatable bonds is 4. The van der Waals surface area contributed by atoms with Crippen LogP contribution in [0.2, 0.25) is 0 Å². The van der Waals surface area contributed by atoms with E-state index in [1.807, 2.05) is 0 Å². The summed E-state index contributed by atoms with van der Waals surface area (Å²) < 4.78 is 29.3. The number of ether oxygens (including phenoxy) is 1. The summed E-state index contributed by atoms with van der Waals surface area (Å²) in [6.45, 7) is 0. The molecule has 2 unspecified atom stereocenters. The maximum absolute atomic E-state index is 12.2. The van der Waals surface area contributed by atoms with Crippen molar-refractivity contribution < 1.29 is 17.9 Å². The van der Waals surface area contributed by atoms with Crippen LogP contribution >= 0.6 is 10.7 Å². The fourth-order valence-electron chi connectivity index (χ4n) is 2.51. The molecule has 0 spiro atoms. The lowest BCUT2D eigenvalue weighted by Gasteiger charge is -2.19. The third-order valence-corrected chi connectivity index (χ3v) is 4.89. The number of nitrogens with zero attached hydrogens (tertiary/aromatic N) is 1. The van der Waals surface area contributed by atoms with Gasteiger partial charge in [0.05, 0.1) is 12.1 Å². The molecule has 2 atom stereocenters. The zero-order valence-electron chi connectivity index (χ0n) is 11.3. The quantitative estimate of drug-likeness (QED) is 0.847. The van der Waals surface area contributed by atoms with Crippen molar-refractivity contribution in [2.45, 2.75) is 36.3 Å². The number of aromatic nitrogens is 1. The van der Waals surface area contributed by atoms with E-state index in [2.05, 4.69) is 5.32 Å². The molecular weight excluding hydrogens is 304 g/mol. The first-order valence-electron chi connectivity index (χ1n) is 6.27. The molecule has 112 valence electrons. The topological polar surface area (TPSA) is 77.4 Å². The smallest absolute Gasteiger partial charge is 0.268 e. The molecule has 0 bridgehead atoms. The fraction of sp³-hybridized carbons (Fsp3) is 0.583. The van der Waals surface area contributed by atoms with Crippen LogP contribution in [0, 0.1) is 0 Å². The lowest BCUT2D eigenvalue weighted by molar-refractivity contribution is 0.0717. The number of amides is 1. The van der Waals surface area contributed by atoms with Gasteiger partial charge >= 0.3 is 0 Å². The monoisotopic (exact) mass is 320 g/mol. The summed E-state index contributed by atoms with van der Waals surface area (Å²) in [6.07, 6.45) is 4.10. The summed E-state index contributed by atoms with van der Waals surface area (Å²) in [4.78, 5) is 12.1. The van der Waals surface area contributed by atoms with E-state index in [1.165, 1.54) is 16.8 Å². The Labute approximate surface area is 122 Å². The third-order valence-electron chi connectivity index (χ3n) is 3.57. The minimum atomic E-state index is -3.83. The van der Waals surface area contributed by atoms with Crippen molar-refractivity contribution in [1.82, 2.24) is 9.88 Å². The fourth-order valence-corrected chi connectivity index (χ4v) is 3.30. The molecule has 8 heteroatoms. The molecule has 1 heterocycles. The van der Waals surface area contributed by atoms with Crippen LogP contribution in [-0.4, -0.2) is 38.1 Å². The molecule has 0 radical (unpaired) electrons. The number of nitrogens with one attached hydrogen (secondary N) is 1. The van der Waals surface area contributed by atoms with Gasteiger partial charge in [-0.15, -0.1) is 0 Å². The van der Waals surface area contributed by atoms with Gasteiger partial charge in [0.2, 0.25) is 0 Å². The van der Waals surface area contributed by atoms with E-state index in [9.17, 15) is 13.2 Å². The van der Waals surface area contributed by atoms with Gasteiger partial charge in [-0.25, -0.2) is 8.42 Å². The highest BCUT2D eigenvalue weighted by molar-refractivity contribution is 8.13. The lowest BCUT2D eigenvalue weighted by Crippen LogP contribution is -2.41. The maximum atomic E-state index is 12.2. The molecular formula is C12H17ClN2O4S. The molecule has 0 aliphatic heterocycles. The molecule has 1 aliphatic carbocycles. The van der Waals surface area contributed by atoms with Gasteiger partial charge in [-0.05, 0) is 25.3 Å². The number of hydrogen-bond donors (Lipinski definition) is 1. The molecule has 1 N–H and O–H groups in total. The first-order valence-corrected chi connectivity index (χ1v) is 8.58. The largest absolute Gasteiger partial charge is 0.379 e. The summed E-state index contributed by atoms with van der Waals surface area (Å²) >= 11 is 0. The van der Waals surface area contributed by atoms with Crippen LogP contribution in [0.3, 0.4) is 0 Å². The Morgan fingerprint density at radius 3 is 2.75 bits per heavy atom. The standard InChI is InChI=1S/C12H17ClN2O4S/c1-15-7-8(20(13,17)18)6-10(15)12(16)14-9-4-3-5-11(9)19-2/h6-7,9,11H,3-5H2,1-2H3,(H,14,16). The van der Waals surface area contributed by atoms with Crippen molar-refractivity contribution in [1.29, 1.82) is 0 Å². The molecule has 1 aliphatic rings. The van der Waals surface area contributed by atoms with Crippen molar-refractivity contribution in [3.8, 4) is 0 Å². The normalized spacial score (nSPS) is 22.9. The molecule has 2 rings (SSSR count). The molecule has 1 fully saturated rings. The number of aryl methyl sites for hydroxylation is 1. The van der Waals surface area contributed by atoms with Gasteiger partial charge < -0.3 is 14.6 Å². The van der Waals surface area contributed by atoms with Gasteiger partial charge in [0.1, 0.15) is 10.6 Å². The van der Waals surface area contributed by atoms with Crippen molar-refractivity contribution in [3.63, 3.8) is 0 Å². The minimum absolute atomic E-state index is 0.00967. The SMILES string of the molecule is COC1CCCC1NC(=O)c1cc(S(=O)(=O)Cl)cn1C. The molecule has 1 aromatic rings. The van der Waals surface area contributed by atoms with Crippen molar-refractivity contribution >= 4 is 25.6 Å². The van der Waals surface area contributed by atoms with Gasteiger partial charge in [-0.2, -0.15) is 0 Å². The first kappa shape index (κ1) is 15.3. The van der Waals surface area contributed by atoms with E-state index in [1.54, 1.807) is 14.2 Å². The van der Waals surface area contributed by atoms with E-state index in [4.69, 9.17) is 15.4 Å². The Kier molecular flexibility index (Phi) is 4.41. The van der Waals surface area contributed by atoms with Crippen LogP contribution in [0.25, 0.3) is 0 Å². The number of hydrogen-bond acceptors (Lipinski definition) is 4. The molecule has 1 amide bonds. The first-order chi connectivity index (χ1) is 9.32. The summed E-state index contributed by atoms with van der Waals surface area (Å²) in [7, 11) is 4.66. The molecule has 0 saturated heterocycles. The number of halogens is 1. The highest BCUT2D eigenvalue weighted by Crippen LogP contribution is 2.23. The Hall–Kier alpha value is -1.05. The Morgan fingerprint density at radius 1 is 1.50 bits per heavy atom. The van der Waals surface area contributed by atoms with Gasteiger partial charge in [-0.1, -0.05) is 0 Å². The van der Waals surface area contributed by atoms with Gasteiger partial charge in [0, 0.05) is 31.0 Å². The summed E-state index contributed by atoms with van der Waals surface area (Å²) in [5, 5.41) is 2.88. The van der Waals surface area contributed by atoms with Gasteiger partial charge in [0.15, 0.2) is 0 Å². The molecule has 0 aromatic carbocycles. The van der Waals surface area contributed by atoms with Crippen LogP contribution in [0.4, 0.5) is 0 Å². The van der Waals surface area contributed by atoms with Crippen LogP contribution in [-0.2, 0) is 20.8 Å². The predicted octanol–water partition coefficient (Wildman–Crippen LogP) is 1.25. The van der Waals surface area contributed by atoms with Gasteiger partial charge in [0.25, 0.3) is 15.0 Å². The number of methoxy groups -OCH3 is 1. The second-order valence-corrected chi connectivity index (χ2v) is 7.46. The Morgan fingerprint density at radius 2 is 2.20 bits per heavy atom. The number of carbonyl (C=O) groups is 1. The zero-order valence-corrected chi connectivity index (χ0v) is 12.9. The maximum Gasteiger partial charge on any atom is 0.268 e. The molecule has 1 saturated carbocycles. The van der Waals surface area contributed by atoms with E-state index >= 15 is 0 Å².